The molecular formula is C15H18F3N3O2S. The van der Waals surface area contributed by atoms with Gasteiger partial charge in [0.2, 0.25) is 0 Å². The number of fused-ring (bicyclic) bond motifs is 3. The molecule has 1 N–H and O–H groups in total. The molecule has 9 heteroatoms. The lowest BCUT2D eigenvalue weighted by Gasteiger charge is -2.23. The molecule has 0 bridgehead atoms. The first kappa shape index (κ1) is 17.4. The molecule has 0 amide bonds. The van der Waals surface area contributed by atoms with Crippen LogP contribution in [-0.2, 0) is 17.6 Å². The van der Waals surface area contributed by atoms with Gasteiger partial charge in [-0.3, -0.25) is 0 Å². The van der Waals surface area contributed by atoms with Crippen molar-refractivity contribution in [3.63, 3.8) is 0 Å². The number of aliphatic hydroxyl groups excluding tert-OH is 1. The molecule has 1 aliphatic rings. The highest BCUT2D eigenvalue weighted by Gasteiger charge is 2.28. The predicted octanol–water partition coefficient (Wildman–Crippen LogP) is 2.56. The number of hydrogen-bond acceptors (Lipinski definition) is 6. The third-order valence-electron chi connectivity index (χ3n) is 3.92. The number of nitrogens with zero attached hydrogens (tertiary/aromatic N) is 3. The molecule has 0 aromatic carbocycles. The SMILES string of the molecule is OCCN(CCOCC(F)(F)F)c1ncnc2sc3c(c12)CCC3. The number of aliphatic hydroxyl groups is 1. The Labute approximate surface area is 141 Å². The summed E-state index contributed by atoms with van der Waals surface area (Å²) in [6, 6.07) is 0. The van der Waals surface area contributed by atoms with Crippen molar-refractivity contribution in [1.29, 1.82) is 0 Å². The summed E-state index contributed by atoms with van der Waals surface area (Å²) in [6.07, 6.45) is 0.223. The maximum Gasteiger partial charge on any atom is 0.411 e. The van der Waals surface area contributed by atoms with Gasteiger partial charge in [-0.15, -0.1) is 11.3 Å². The van der Waals surface area contributed by atoms with Crippen molar-refractivity contribution in [2.75, 3.05) is 37.8 Å². The van der Waals surface area contributed by atoms with Crippen molar-refractivity contribution in [1.82, 2.24) is 9.97 Å². The third-order valence-corrected chi connectivity index (χ3v) is 5.12. The zero-order valence-corrected chi connectivity index (χ0v) is 13.8. The van der Waals surface area contributed by atoms with Crippen molar-refractivity contribution in [2.45, 2.75) is 25.4 Å². The molecule has 1 aliphatic carbocycles. The van der Waals surface area contributed by atoms with Gasteiger partial charge >= 0.3 is 6.18 Å². The molecule has 2 heterocycles. The molecule has 0 saturated heterocycles. The van der Waals surface area contributed by atoms with Crippen molar-refractivity contribution >= 4 is 27.4 Å². The lowest BCUT2D eigenvalue weighted by Crippen LogP contribution is -2.32. The Morgan fingerprint density at radius 1 is 1.25 bits per heavy atom. The van der Waals surface area contributed by atoms with Crippen LogP contribution in [0.5, 0.6) is 0 Å². The Balaban J connectivity index is 1.79. The third kappa shape index (κ3) is 3.79. The molecular weight excluding hydrogens is 343 g/mol. The Morgan fingerprint density at radius 2 is 2.08 bits per heavy atom. The van der Waals surface area contributed by atoms with E-state index in [2.05, 4.69) is 9.97 Å². The Kier molecular flexibility index (Phi) is 5.21. The van der Waals surface area contributed by atoms with Crippen LogP contribution in [-0.4, -0.2) is 54.2 Å². The summed E-state index contributed by atoms with van der Waals surface area (Å²) in [4.78, 5) is 12.6. The molecule has 3 rings (SSSR count). The number of ether oxygens (including phenoxy) is 1. The average Bonchev–Trinajstić information content (AvgIpc) is 3.09. The van der Waals surface area contributed by atoms with Gasteiger partial charge in [0.15, 0.2) is 0 Å². The van der Waals surface area contributed by atoms with Crippen LogP contribution < -0.4 is 4.90 Å². The van der Waals surface area contributed by atoms with Crippen LogP contribution >= 0.6 is 11.3 Å². The summed E-state index contributed by atoms with van der Waals surface area (Å²) in [5.74, 6) is 0.670. The van der Waals surface area contributed by atoms with Gasteiger partial charge in [-0.25, -0.2) is 9.97 Å². The van der Waals surface area contributed by atoms with Gasteiger partial charge in [-0.1, -0.05) is 0 Å². The lowest BCUT2D eigenvalue weighted by molar-refractivity contribution is -0.173. The van der Waals surface area contributed by atoms with E-state index in [-0.39, 0.29) is 26.3 Å². The number of thiophene rings is 1. The maximum atomic E-state index is 12.2. The minimum Gasteiger partial charge on any atom is -0.395 e. The smallest absolute Gasteiger partial charge is 0.395 e. The molecule has 0 fully saturated rings. The fourth-order valence-corrected chi connectivity index (χ4v) is 4.18. The van der Waals surface area contributed by atoms with Crippen molar-refractivity contribution in [3.05, 3.63) is 16.8 Å². The molecule has 5 nitrogen and oxygen atoms in total. The molecule has 2 aromatic heterocycles. The number of halogens is 3. The number of aryl methyl sites for hydroxylation is 2. The normalized spacial score (nSPS) is 14.3. The van der Waals surface area contributed by atoms with Gasteiger partial charge in [0.25, 0.3) is 0 Å². The summed E-state index contributed by atoms with van der Waals surface area (Å²) in [5.41, 5.74) is 1.24. The van der Waals surface area contributed by atoms with Crippen molar-refractivity contribution in [2.24, 2.45) is 0 Å². The number of aromatic nitrogens is 2. The highest BCUT2D eigenvalue weighted by Crippen LogP contribution is 2.40. The standard InChI is InChI=1S/C15H18F3N3O2S/c16-15(17,18)8-23-7-5-21(4-6-22)13-12-10-2-1-3-11(10)24-14(12)20-9-19-13/h9,22H,1-8H2. The molecule has 0 aliphatic heterocycles. The van der Waals surface area contributed by atoms with Gasteiger partial charge in [0.1, 0.15) is 23.6 Å². The zero-order valence-electron chi connectivity index (χ0n) is 13.0. The monoisotopic (exact) mass is 361 g/mol. The van der Waals surface area contributed by atoms with Gasteiger partial charge in [-0.05, 0) is 24.8 Å². The second-order valence-corrected chi connectivity index (χ2v) is 6.70. The van der Waals surface area contributed by atoms with Gasteiger partial charge in [-0.2, -0.15) is 13.2 Å². The minimum absolute atomic E-state index is 0.0860. The van der Waals surface area contributed by atoms with Crippen molar-refractivity contribution < 1.29 is 23.0 Å². The Hall–Kier alpha value is -1.45. The Morgan fingerprint density at radius 3 is 2.83 bits per heavy atom. The van der Waals surface area contributed by atoms with E-state index < -0.39 is 12.8 Å². The van der Waals surface area contributed by atoms with E-state index in [9.17, 15) is 18.3 Å². The first-order valence-electron chi connectivity index (χ1n) is 7.75. The first-order chi connectivity index (χ1) is 11.5. The predicted molar refractivity (Wildman–Crippen MR) is 85.6 cm³/mol. The number of anilines is 1. The van der Waals surface area contributed by atoms with Crippen LogP contribution in [0.3, 0.4) is 0 Å². The second-order valence-electron chi connectivity index (χ2n) is 5.61. The van der Waals surface area contributed by atoms with E-state index >= 15 is 0 Å². The van der Waals surface area contributed by atoms with E-state index in [1.165, 1.54) is 16.8 Å². The van der Waals surface area contributed by atoms with Gasteiger partial charge in [0, 0.05) is 18.0 Å². The summed E-state index contributed by atoms with van der Waals surface area (Å²) in [7, 11) is 0. The fraction of sp³-hybridized carbons (Fsp3) is 0.600. The summed E-state index contributed by atoms with van der Waals surface area (Å²) in [6.45, 7) is -0.957. The van der Waals surface area contributed by atoms with Crippen LogP contribution in [0.1, 0.15) is 16.9 Å². The van der Waals surface area contributed by atoms with E-state index in [0.717, 1.165) is 29.5 Å². The first-order valence-corrected chi connectivity index (χ1v) is 8.57. The van der Waals surface area contributed by atoms with E-state index in [0.29, 0.717) is 5.82 Å². The summed E-state index contributed by atoms with van der Waals surface area (Å²) in [5, 5.41) is 10.3. The fourth-order valence-electron chi connectivity index (χ4n) is 2.96. The van der Waals surface area contributed by atoms with Gasteiger partial charge < -0.3 is 14.7 Å². The molecule has 0 spiro atoms. The molecule has 0 atom stereocenters. The van der Waals surface area contributed by atoms with E-state index in [1.807, 2.05) is 0 Å². The Bertz CT molecular complexity index is 705. The van der Waals surface area contributed by atoms with Crippen LogP contribution in [0.25, 0.3) is 10.2 Å². The van der Waals surface area contributed by atoms with Crippen molar-refractivity contribution in [3.8, 4) is 0 Å². The molecule has 24 heavy (non-hydrogen) atoms. The lowest BCUT2D eigenvalue weighted by atomic mass is 10.2. The average molecular weight is 361 g/mol. The number of hydrogen-bond donors (Lipinski definition) is 1. The van der Waals surface area contributed by atoms with Crippen LogP contribution in [0.4, 0.5) is 19.0 Å². The molecule has 0 unspecified atom stereocenters. The highest BCUT2D eigenvalue weighted by atomic mass is 32.1. The maximum absolute atomic E-state index is 12.2. The van der Waals surface area contributed by atoms with E-state index in [1.54, 1.807) is 16.2 Å². The van der Waals surface area contributed by atoms with Crippen LogP contribution in [0, 0.1) is 0 Å². The zero-order chi connectivity index (χ0) is 17.2. The quantitative estimate of drug-likeness (QED) is 0.768. The topological polar surface area (TPSA) is 58.5 Å². The summed E-state index contributed by atoms with van der Waals surface area (Å²) < 4.78 is 41.2. The number of rotatable bonds is 7. The molecule has 132 valence electrons. The van der Waals surface area contributed by atoms with Crippen LogP contribution in [0.2, 0.25) is 0 Å². The second kappa shape index (κ2) is 7.20. The van der Waals surface area contributed by atoms with Gasteiger partial charge in [0.05, 0.1) is 18.6 Å². The largest absolute Gasteiger partial charge is 0.411 e. The number of alkyl halides is 3. The minimum atomic E-state index is -4.34. The molecule has 2 aromatic rings. The van der Waals surface area contributed by atoms with E-state index in [4.69, 9.17) is 4.74 Å². The molecule has 0 radical (unpaired) electrons. The van der Waals surface area contributed by atoms with Crippen LogP contribution in [0.15, 0.2) is 6.33 Å². The highest BCUT2D eigenvalue weighted by molar-refractivity contribution is 7.19. The molecule has 0 saturated carbocycles. The summed E-state index contributed by atoms with van der Waals surface area (Å²) >= 11 is 1.65.